The van der Waals surface area contributed by atoms with Gasteiger partial charge in [0.15, 0.2) is 5.96 Å². The average molecular weight is 226 g/mol. The van der Waals surface area contributed by atoms with E-state index in [0.29, 0.717) is 0 Å². The standard InChI is InChI=1S/C10H22N6/c1-15(2)10(5-4-6-10)7-16(3)9(13)14-8(11)12/h4-7H2,1-3H3,(H5,11,12,13,14). The van der Waals surface area contributed by atoms with E-state index in [1.54, 1.807) is 4.90 Å². The van der Waals surface area contributed by atoms with Crippen LogP contribution >= 0.6 is 0 Å². The maximum atomic E-state index is 7.71. The van der Waals surface area contributed by atoms with Gasteiger partial charge in [0.05, 0.1) is 0 Å². The molecule has 1 aliphatic carbocycles. The van der Waals surface area contributed by atoms with Crippen LogP contribution in [0.1, 0.15) is 19.3 Å². The molecule has 1 rings (SSSR count). The summed E-state index contributed by atoms with van der Waals surface area (Å²) < 4.78 is 0. The van der Waals surface area contributed by atoms with Crippen molar-refractivity contribution in [1.82, 2.24) is 9.80 Å². The zero-order chi connectivity index (χ0) is 12.3. The van der Waals surface area contributed by atoms with Gasteiger partial charge in [-0.2, -0.15) is 4.99 Å². The lowest BCUT2D eigenvalue weighted by Gasteiger charge is -2.49. The van der Waals surface area contributed by atoms with E-state index >= 15 is 0 Å². The van der Waals surface area contributed by atoms with E-state index in [0.717, 1.165) is 6.54 Å². The molecule has 0 aromatic rings. The zero-order valence-electron chi connectivity index (χ0n) is 10.3. The fraction of sp³-hybridized carbons (Fsp3) is 0.800. The number of nitrogens with two attached hydrogens (primary N) is 2. The Balaban J connectivity index is 2.59. The first-order valence-corrected chi connectivity index (χ1v) is 5.44. The molecular formula is C10H22N6. The molecule has 0 aromatic heterocycles. The third kappa shape index (κ3) is 2.63. The Kier molecular flexibility index (Phi) is 3.74. The first-order valence-electron chi connectivity index (χ1n) is 5.44. The van der Waals surface area contributed by atoms with Gasteiger partial charge in [-0.25, -0.2) is 0 Å². The minimum absolute atomic E-state index is 0.0654. The van der Waals surface area contributed by atoms with Crippen molar-refractivity contribution in [2.24, 2.45) is 16.5 Å². The van der Waals surface area contributed by atoms with Crippen molar-refractivity contribution < 1.29 is 0 Å². The quantitative estimate of drug-likeness (QED) is 0.451. The topological polar surface area (TPSA) is 94.7 Å². The number of guanidine groups is 2. The molecule has 0 aromatic carbocycles. The zero-order valence-corrected chi connectivity index (χ0v) is 10.3. The van der Waals surface area contributed by atoms with Gasteiger partial charge in [-0.15, -0.1) is 0 Å². The maximum Gasteiger partial charge on any atom is 0.220 e. The van der Waals surface area contributed by atoms with E-state index in [4.69, 9.17) is 16.9 Å². The molecule has 6 nitrogen and oxygen atoms in total. The van der Waals surface area contributed by atoms with Crippen LogP contribution in [-0.2, 0) is 0 Å². The fourth-order valence-electron chi connectivity index (χ4n) is 2.06. The summed E-state index contributed by atoms with van der Waals surface area (Å²) in [6.45, 7) is 0.787. The molecular weight excluding hydrogens is 204 g/mol. The molecule has 0 bridgehead atoms. The highest BCUT2D eigenvalue weighted by Gasteiger charge is 2.40. The van der Waals surface area contributed by atoms with Crippen molar-refractivity contribution in [3.05, 3.63) is 0 Å². The Bertz CT molecular complexity index is 288. The fourth-order valence-corrected chi connectivity index (χ4v) is 2.06. The number of aliphatic imine (C=N–C) groups is 1. The molecule has 0 heterocycles. The highest BCUT2D eigenvalue weighted by molar-refractivity contribution is 5.91. The minimum atomic E-state index is -0.0654. The molecule has 0 aliphatic heterocycles. The average Bonchev–Trinajstić information content (AvgIpc) is 2.08. The van der Waals surface area contributed by atoms with Gasteiger partial charge in [0.1, 0.15) is 0 Å². The van der Waals surface area contributed by atoms with Gasteiger partial charge in [0.25, 0.3) is 0 Å². The predicted molar refractivity (Wildman–Crippen MR) is 66.4 cm³/mol. The monoisotopic (exact) mass is 226 g/mol. The van der Waals surface area contributed by atoms with Crippen LogP contribution in [0.2, 0.25) is 0 Å². The summed E-state index contributed by atoms with van der Waals surface area (Å²) in [4.78, 5) is 7.76. The van der Waals surface area contributed by atoms with E-state index in [9.17, 15) is 0 Å². The molecule has 1 aliphatic rings. The lowest BCUT2D eigenvalue weighted by molar-refractivity contribution is 0.0427. The van der Waals surface area contributed by atoms with Crippen LogP contribution in [0.5, 0.6) is 0 Å². The van der Waals surface area contributed by atoms with Crippen molar-refractivity contribution in [3.8, 4) is 0 Å². The Hall–Kier alpha value is -1.30. The van der Waals surface area contributed by atoms with Crippen LogP contribution < -0.4 is 11.5 Å². The number of hydrogen-bond donors (Lipinski definition) is 3. The molecule has 0 saturated heterocycles. The second-order valence-corrected chi connectivity index (χ2v) is 4.69. The molecule has 1 fully saturated rings. The Labute approximate surface area is 96.8 Å². The smallest absolute Gasteiger partial charge is 0.220 e. The third-order valence-electron chi connectivity index (χ3n) is 3.36. The van der Waals surface area contributed by atoms with Crippen molar-refractivity contribution >= 4 is 11.9 Å². The SMILES string of the molecule is CN(CC1(N(C)C)CCC1)C(=N)N=C(N)N. The first-order chi connectivity index (χ1) is 7.37. The van der Waals surface area contributed by atoms with E-state index in [-0.39, 0.29) is 17.5 Å². The molecule has 1 saturated carbocycles. The molecule has 0 amide bonds. The van der Waals surface area contributed by atoms with Crippen LogP contribution in [0.4, 0.5) is 0 Å². The Morgan fingerprint density at radius 3 is 2.19 bits per heavy atom. The Morgan fingerprint density at radius 2 is 1.88 bits per heavy atom. The number of likely N-dealkylation sites (N-methyl/N-ethyl adjacent to an activating group) is 2. The predicted octanol–water partition coefficient (Wildman–Crippen LogP) is -0.389. The summed E-state index contributed by atoms with van der Waals surface area (Å²) in [6.07, 6.45) is 3.58. The highest BCUT2D eigenvalue weighted by Crippen LogP contribution is 2.36. The number of nitrogens with zero attached hydrogens (tertiary/aromatic N) is 3. The normalized spacial score (nSPS) is 17.8. The second-order valence-electron chi connectivity index (χ2n) is 4.69. The molecule has 16 heavy (non-hydrogen) atoms. The molecule has 0 unspecified atom stereocenters. The van der Waals surface area contributed by atoms with Gasteiger partial charge in [0.2, 0.25) is 5.96 Å². The third-order valence-corrected chi connectivity index (χ3v) is 3.36. The number of hydrogen-bond acceptors (Lipinski definition) is 2. The summed E-state index contributed by atoms with van der Waals surface area (Å²) in [6, 6.07) is 0. The van der Waals surface area contributed by atoms with Gasteiger partial charge < -0.3 is 21.3 Å². The van der Waals surface area contributed by atoms with Gasteiger partial charge in [0, 0.05) is 19.1 Å². The molecule has 0 spiro atoms. The molecule has 0 atom stereocenters. The first kappa shape index (κ1) is 12.8. The van der Waals surface area contributed by atoms with Crippen LogP contribution in [0, 0.1) is 5.41 Å². The van der Waals surface area contributed by atoms with Crippen molar-refractivity contribution in [2.45, 2.75) is 24.8 Å². The van der Waals surface area contributed by atoms with Gasteiger partial charge in [-0.05, 0) is 33.4 Å². The lowest BCUT2D eigenvalue weighted by Crippen LogP contribution is -2.57. The summed E-state index contributed by atoms with van der Waals surface area (Å²) in [7, 11) is 6.01. The molecule has 92 valence electrons. The molecule has 5 N–H and O–H groups in total. The van der Waals surface area contributed by atoms with E-state index in [1.807, 2.05) is 7.05 Å². The summed E-state index contributed by atoms with van der Waals surface area (Å²) in [5.41, 5.74) is 10.7. The van der Waals surface area contributed by atoms with Crippen molar-refractivity contribution in [3.63, 3.8) is 0 Å². The molecule has 0 radical (unpaired) electrons. The summed E-state index contributed by atoms with van der Waals surface area (Å²) >= 11 is 0. The highest BCUT2D eigenvalue weighted by atomic mass is 15.3. The summed E-state index contributed by atoms with van der Waals surface area (Å²) in [5, 5.41) is 7.71. The van der Waals surface area contributed by atoms with E-state index in [1.165, 1.54) is 19.3 Å². The minimum Gasteiger partial charge on any atom is -0.370 e. The van der Waals surface area contributed by atoms with Crippen molar-refractivity contribution in [1.29, 1.82) is 5.41 Å². The van der Waals surface area contributed by atoms with E-state index in [2.05, 4.69) is 24.0 Å². The van der Waals surface area contributed by atoms with Crippen molar-refractivity contribution in [2.75, 3.05) is 27.7 Å². The van der Waals surface area contributed by atoms with Gasteiger partial charge in [-0.3, -0.25) is 5.41 Å². The van der Waals surface area contributed by atoms with Gasteiger partial charge in [-0.1, -0.05) is 0 Å². The lowest BCUT2D eigenvalue weighted by atomic mass is 9.75. The van der Waals surface area contributed by atoms with Crippen LogP contribution in [-0.4, -0.2) is 54.9 Å². The molecule has 6 heteroatoms. The van der Waals surface area contributed by atoms with E-state index < -0.39 is 0 Å². The second kappa shape index (κ2) is 4.69. The summed E-state index contributed by atoms with van der Waals surface area (Å²) in [5.74, 6) is 0.0532. The number of rotatable bonds is 3. The van der Waals surface area contributed by atoms with Crippen LogP contribution in [0.25, 0.3) is 0 Å². The van der Waals surface area contributed by atoms with Gasteiger partial charge >= 0.3 is 0 Å². The van der Waals surface area contributed by atoms with Crippen LogP contribution in [0.3, 0.4) is 0 Å². The Morgan fingerprint density at radius 1 is 1.31 bits per heavy atom. The number of nitrogens with one attached hydrogen (secondary N) is 1. The van der Waals surface area contributed by atoms with Crippen LogP contribution in [0.15, 0.2) is 4.99 Å². The maximum absolute atomic E-state index is 7.71. The largest absolute Gasteiger partial charge is 0.370 e.